The van der Waals surface area contributed by atoms with Gasteiger partial charge in [-0.1, -0.05) is 138 Å². The Labute approximate surface area is 342 Å². The van der Waals surface area contributed by atoms with Gasteiger partial charge in [0, 0.05) is 19.4 Å². The molecule has 322 valence electrons. The normalized spacial score (nSPS) is 14.0. The molecule has 2 atom stereocenters. The molecular weight excluding hydrogens is 725 g/mol. The van der Waals surface area contributed by atoms with Crippen LogP contribution < -0.4 is 5.32 Å². The highest BCUT2D eigenvalue weighted by molar-refractivity contribution is 7.47. The van der Waals surface area contributed by atoms with Crippen molar-refractivity contribution in [3.63, 3.8) is 0 Å². The van der Waals surface area contributed by atoms with Crippen molar-refractivity contribution in [3.8, 4) is 0 Å². The van der Waals surface area contributed by atoms with Crippen molar-refractivity contribution in [2.75, 3.05) is 33.4 Å². The quantitative estimate of drug-likeness (QED) is 0.0270. The van der Waals surface area contributed by atoms with Crippen LogP contribution in [0.15, 0.2) is 72.9 Å². The first-order chi connectivity index (χ1) is 27.3. The molecule has 0 heterocycles. The van der Waals surface area contributed by atoms with E-state index in [4.69, 9.17) is 18.5 Å². The molecule has 0 aromatic rings. The van der Waals surface area contributed by atoms with Gasteiger partial charge in [0.2, 0.25) is 0 Å². The van der Waals surface area contributed by atoms with Gasteiger partial charge in [0.15, 0.2) is 6.10 Å². The van der Waals surface area contributed by atoms with Crippen LogP contribution in [0, 0.1) is 0 Å². The summed E-state index contributed by atoms with van der Waals surface area (Å²) in [6.45, 7) is 4.10. The average Bonchev–Trinajstić information content (AvgIpc) is 3.18. The van der Waals surface area contributed by atoms with Gasteiger partial charge < -0.3 is 19.7 Å². The Morgan fingerprint density at radius 1 is 0.554 bits per heavy atom. The fourth-order valence-electron chi connectivity index (χ4n) is 5.45. The van der Waals surface area contributed by atoms with Crippen LogP contribution in [-0.4, -0.2) is 56.3 Å². The van der Waals surface area contributed by atoms with Gasteiger partial charge in [-0.25, -0.2) is 4.57 Å². The van der Waals surface area contributed by atoms with Gasteiger partial charge >= 0.3 is 19.8 Å². The maximum Gasteiger partial charge on any atom is 0.472 e. The molecule has 0 spiro atoms. The van der Waals surface area contributed by atoms with Gasteiger partial charge in [-0.3, -0.25) is 18.6 Å². The maximum absolute atomic E-state index is 12.6. The SMILES string of the molecule is CCCCC/C=C\C/C=C\C/C=C\C/C=C\CCCCCC(=O)OCC(COP(=O)(O)OCCNC)OC(=O)CCCCCCC/C=C\C/C=C\CCCCC. The molecule has 9 nitrogen and oxygen atoms in total. The predicted octanol–water partition coefficient (Wildman–Crippen LogP) is 12.5. The molecule has 10 heteroatoms. The molecule has 0 saturated heterocycles. The van der Waals surface area contributed by atoms with Crippen LogP contribution in [0.1, 0.15) is 168 Å². The number of rotatable bonds is 40. The highest BCUT2D eigenvalue weighted by Crippen LogP contribution is 2.43. The fraction of sp³-hybridized carbons (Fsp3) is 0.696. The van der Waals surface area contributed by atoms with Crippen LogP contribution in [0.2, 0.25) is 0 Å². The highest BCUT2D eigenvalue weighted by Gasteiger charge is 2.26. The second kappa shape index (κ2) is 42.1. The Kier molecular flexibility index (Phi) is 40.2. The van der Waals surface area contributed by atoms with Gasteiger partial charge in [-0.2, -0.15) is 0 Å². The molecule has 0 bridgehead atoms. The number of hydrogen-bond acceptors (Lipinski definition) is 8. The Hall–Kier alpha value is -2.55. The van der Waals surface area contributed by atoms with E-state index in [-0.39, 0.29) is 26.1 Å². The Morgan fingerprint density at radius 2 is 0.964 bits per heavy atom. The number of phosphoric acid groups is 1. The van der Waals surface area contributed by atoms with E-state index in [0.29, 0.717) is 19.4 Å². The summed E-state index contributed by atoms with van der Waals surface area (Å²) in [7, 11) is -2.67. The first-order valence-electron chi connectivity index (χ1n) is 21.9. The van der Waals surface area contributed by atoms with E-state index >= 15 is 0 Å². The van der Waals surface area contributed by atoms with E-state index in [0.717, 1.165) is 77.0 Å². The molecule has 0 amide bonds. The first kappa shape index (κ1) is 53.5. The number of ether oxygens (including phenoxy) is 2. The van der Waals surface area contributed by atoms with Crippen molar-refractivity contribution in [2.24, 2.45) is 0 Å². The maximum atomic E-state index is 12.6. The summed E-state index contributed by atoms with van der Waals surface area (Å²) >= 11 is 0. The lowest BCUT2D eigenvalue weighted by molar-refractivity contribution is -0.161. The minimum absolute atomic E-state index is 0.0288. The molecule has 0 radical (unpaired) electrons. The van der Waals surface area contributed by atoms with E-state index in [1.54, 1.807) is 7.05 Å². The van der Waals surface area contributed by atoms with E-state index in [2.05, 4.69) is 92.1 Å². The zero-order chi connectivity index (χ0) is 41.1. The zero-order valence-corrected chi connectivity index (χ0v) is 36.5. The first-order valence-corrected chi connectivity index (χ1v) is 23.4. The molecule has 0 aliphatic rings. The zero-order valence-electron chi connectivity index (χ0n) is 35.6. The highest BCUT2D eigenvalue weighted by atomic mass is 31.2. The average molecular weight is 806 g/mol. The molecule has 0 fully saturated rings. The molecule has 2 N–H and O–H groups in total. The summed E-state index contributed by atoms with van der Waals surface area (Å²) in [6, 6.07) is 0. The van der Waals surface area contributed by atoms with Crippen LogP contribution in [0.5, 0.6) is 0 Å². The van der Waals surface area contributed by atoms with E-state index in [9.17, 15) is 19.0 Å². The Balaban J connectivity index is 4.32. The largest absolute Gasteiger partial charge is 0.472 e. The number of hydrogen-bond donors (Lipinski definition) is 2. The van der Waals surface area contributed by atoms with Crippen molar-refractivity contribution in [2.45, 2.75) is 174 Å². The second-order valence-electron chi connectivity index (χ2n) is 14.2. The van der Waals surface area contributed by atoms with Gasteiger partial charge in [0.05, 0.1) is 13.2 Å². The standard InChI is InChI=1S/C46H80NO8P/c1-4-6-8-10-12-14-16-18-20-21-22-23-25-26-28-30-32-34-36-38-45(48)52-42-44(43-54-56(50,51)53-41-40-47-3)55-46(49)39-37-35-33-31-29-27-24-19-17-15-13-11-9-7-5-2/h12-15,18-20,22-24,26,28,44,47H,4-11,16-17,21,25,27,29-43H2,1-3H3,(H,50,51)/b14-12-,15-13-,20-18-,23-22-,24-19-,28-26-. The van der Waals surface area contributed by atoms with Crippen LogP contribution in [0.25, 0.3) is 0 Å². The molecule has 0 aromatic carbocycles. The third-order valence-electron chi connectivity index (χ3n) is 8.80. The molecule has 2 unspecified atom stereocenters. The molecule has 0 rings (SSSR count). The summed E-state index contributed by atoms with van der Waals surface area (Å²) in [6.07, 6.45) is 49.4. The van der Waals surface area contributed by atoms with Gasteiger partial charge in [0.1, 0.15) is 6.61 Å². The minimum atomic E-state index is -4.36. The van der Waals surface area contributed by atoms with E-state index in [1.165, 1.54) is 51.4 Å². The fourth-order valence-corrected chi connectivity index (χ4v) is 6.20. The van der Waals surface area contributed by atoms with Crippen LogP contribution in [0.4, 0.5) is 0 Å². The van der Waals surface area contributed by atoms with E-state index in [1.807, 2.05) is 0 Å². The summed E-state index contributed by atoms with van der Waals surface area (Å²) in [4.78, 5) is 35.0. The number of likely N-dealkylation sites (N-methyl/N-ethyl adjacent to an activating group) is 1. The lowest BCUT2D eigenvalue weighted by Crippen LogP contribution is -2.29. The summed E-state index contributed by atoms with van der Waals surface area (Å²) in [5, 5.41) is 2.82. The summed E-state index contributed by atoms with van der Waals surface area (Å²) in [5.74, 6) is -0.865. The topological polar surface area (TPSA) is 120 Å². The van der Waals surface area contributed by atoms with Crippen molar-refractivity contribution in [1.29, 1.82) is 0 Å². The van der Waals surface area contributed by atoms with Gasteiger partial charge in [-0.05, 0) is 96.9 Å². The molecular formula is C46H80NO8P. The number of esters is 2. The second-order valence-corrected chi connectivity index (χ2v) is 15.6. The van der Waals surface area contributed by atoms with Gasteiger partial charge in [0.25, 0.3) is 0 Å². The molecule has 0 saturated carbocycles. The van der Waals surface area contributed by atoms with Crippen molar-refractivity contribution in [3.05, 3.63) is 72.9 Å². The van der Waals surface area contributed by atoms with E-state index < -0.39 is 32.5 Å². The summed E-state index contributed by atoms with van der Waals surface area (Å²) < 4.78 is 33.1. The molecule has 56 heavy (non-hydrogen) atoms. The monoisotopic (exact) mass is 806 g/mol. The van der Waals surface area contributed by atoms with Crippen molar-refractivity contribution in [1.82, 2.24) is 5.32 Å². The third kappa shape index (κ3) is 41.1. The molecule has 0 aliphatic heterocycles. The summed E-state index contributed by atoms with van der Waals surface area (Å²) in [5.41, 5.74) is 0. The number of phosphoric ester groups is 1. The lowest BCUT2D eigenvalue weighted by Gasteiger charge is -2.20. The van der Waals surface area contributed by atoms with Crippen LogP contribution >= 0.6 is 7.82 Å². The van der Waals surface area contributed by atoms with Gasteiger partial charge in [-0.15, -0.1) is 0 Å². The third-order valence-corrected chi connectivity index (χ3v) is 9.78. The smallest absolute Gasteiger partial charge is 0.462 e. The van der Waals surface area contributed by atoms with Crippen LogP contribution in [0.3, 0.4) is 0 Å². The lowest BCUT2D eigenvalue weighted by atomic mass is 10.1. The predicted molar refractivity (Wildman–Crippen MR) is 233 cm³/mol. The number of allylic oxidation sites excluding steroid dienone is 12. The van der Waals surface area contributed by atoms with Crippen LogP contribution in [-0.2, 0) is 32.7 Å². The molecule has 0 aliphatic carbocycles. The molecule has 0 aromatic heterocycles. The Morgan fingerprint density at radius 3 is 1.45 bits per heavy atom. The van der Waals surface area contributed by atoms with Crippen molar-refractivity contribution < 1.29 is 37.6 Å². The minimum Gasteiger partial charge on any atom is -0.462 e. The number of carbonyl (C=O) groups excluding carboxylic acids is 2. The Bertz CT molecular complexity index is 1150. The number of unbranched alkanes of at least 4 members (excludes halogenated alkanes) is 14. The number of carbonyl (C=O) groups is 2. The van der Waals surface area contributed by atoms with Crippen molar-refractivity contribution >= 4 is 19.8 Å². The number of nitrogens with one attached hydrogen (secondary N) is 1.